The minimum Gasteiger partial charge on any atom is -0.434 e. The molecule has 0 bridgehead atoms. The van der Waals surface area contributed by atoms with Crippen LogP contribution in [0.15, 0.2) is 30.5 Å². The van der Waals surface area contributed by atoms with Gasteiger partial charge in [0, 0.05) is 17.1 Å². The van der Waals surface area contributed by atoms with Crippen molar-refractivity contribution in [1.29, 1.82) is 0 Å². The Labute approximate surface area is 107 Å². The summed E-state index contributed by atoms with van der Waals surface area (Å²) in [7, 11) is 0. The number of ether oxygens (including phenoxy) is 1. The summed E-state index contributed by atoms with van der Waals surface area (Å²) in [6, 6.07) is 6.46. The monoisotopic (exact) mass is 270 g/mol. The summed E-state index contributed by atoms with van der Waals surface area (Å²) in [6.07, 6.45) is 1.66. The van der Waals surface area contributed by atoms with E-state index >= 15 is 0 Å². The van der Waals surface area contributed by atoms with Crippen LogP contribution in [0.3, 0.4) is 0 Å². The predicted octanol–water partition coefficient (Wildman–Crippen LogP) is 3.43. The van der Waals surface area contributed by atoms with Gasteiger partial charge in [0.15, 0.2) is 0 Å². The lowest BCUT2D eigenvalue weighted by Gasteiger charge is -2.08. The molecule has 6 heteroatoms. The van der Waals surface area contributed by atoms with E-state index < -0.39 is 6.61 Å². The van der Waals surface area contributed by atoms with Gasteiger partial charge in [-0.2, -0.15) is 8.78 Å². The van der Waals surface area contributed by atoms with E-state index in [4.69, 9.17) is 5.73 Å². The molecule has 0 aliphatic heterocycles. The van der Waals surface area contributed by atoms with Gasteiger partial charge in [-0.15, -0.1) is 11.3 Å². The van der Waals surface area contributed by atoms with Crippen molar-refractivity contribution in [1.82, 2.24) is 4.98 Å². The van der Waals surface area contributed by atoms with E-state index in [1.807, 2.05) is 6.92 Å². The Morgan fingerprint density at radius 2 is 2.06 bits per heavy atom. The molecule has 2 aromatic rings. The molecule has 1 aromatic heterocycles. The van der Waals surface area contributed by atoms with E-state index in [0.717, 1.165) is 4.88 Å². The van der Waals surface area contributed by atoms with Crippen molar-refractivity contribution in [3.63, 3.8) is 0 Å². The molecule has 2 rings (SSSR count). The number of benzene rings is 1. The average molecular weight is 270 g/mol. The SMILES string of the molecule is CC(N)c1cnc(-c2ccccc2OC(F)F)s1. The van der Waals surface area contributed by atoms with E-state index in [1.54, 1.807) is 24.4 Å². The van der Waals surface area contributed by atoms with Crippen LogP contribution in [0.25, 0.3) is 10.6 Å². The summed E-state index contributed by atoms with van der Waals surface area (Å²) < 4.78 is 29.1. The van der Waals surface area contributed by atoms with E-state index in [2.05, 4.69) is 9.72 Å². The molecular formula is C12H12F2N2OS. The molecule has 3 nitrogen and oxygen atoms in total. The fourth-order valence-electron chi connectivity index (χ4n) is 1.46. The zero-order chi connectivity index (χ0) is 13.1. The van der Waals surface area contributed by atoms with Crippen molar-refractivity contribution in [3.8, 4) is 16.3 Å². The highest BCUT2D eigenvalue weighted by Crippen LogP contribution is 2.34. The Bertz CT molecular complexity index is 528. The lowest BCUT2D eigenvalue weighted by atomic mass is 10.2. The number of nitrogens with two attached hydrogens (primary N) is 1. The van der Waals surface area contributed by atoms with Crippen molar-refractivity contribution in [2.24, 2.45) is 5.73 Å². The van der Waals surface area contributed by atoms with E-state index in [9.17, 15) is 8.78 Å². The minimum atomic E-state index is -2.85. The fraction of sp³-hybridized carbons (Fsp3) is 0.250. The molecule has 0 amide bonds. The molecule has 96 valence electrons. The Morgan fingerprint density at radius 1 is 1.33 bits per heavy atom. The molecule has 0 spiro atoms. The summed E-state index contributed by atoms with van der Waals surface area (Å²) in [6.45, 7) is -1.00. The molecule has 0 aliphatic rings. The zero-order valence-electron chi connectivity index (χ0n) is 9.64. The van der Waals surface area contributed by atoms with Gasteiger partial charge < -0.3 is 10.5 Å². The third kappa shape index (κ3) is 2.83. The molecule has 1 aromatic carbocycles. The molecule has 0 aliphatic carbocycles. The first-order valence-corrected chi connectivity index (χ1v) is 6.15. The first kappa shape index (κ1) is 12.9. The van der Waals surface area contributed by atoms with Crippen LogP contribution in [-0.2, 0) is 0 Å². The Balaban J connectivity index is 2.36. The molecule has 1 unspecified atom stereocenters. The topological polar surface area (TPSA) is 48.1 Å². The normalized spacial score (nSPS) is 12.7. The van der Waals surface area contributed by atoms with E-state index in [0.29, 0.717) is 10.6 Å². The number of thiazole rings is 1. The lowest BCUT2D eigenvalue weighted by Crippen LogP contribution is -2.02. The highest BCUT2D eigenvalue weighted by molar-refractivity contribution is 7.15. The maximum Gasteiger partial charge on any atom is 0.387 e. The van der Waals surface area contributed by atoms with Crippen LogP contribution in [0.2, 0.25) is 0 Å². The first-order valence-electron chi connectivity index (χ1n) is 5.33. The quantitative estimate of drug-likeness (QED) is 0.925. The highest BCUT2D eigenvalue weighted by atomic mass is 32.1. The van der Waals surface area contributed by atoms with Gasteiger partial charge >= 0.3 is 6.61 Å². The summed E-state index contributed by atoms with van der Waals surface area (Å²) >= 11 is 1.37. The molecule has 1 atom stereocenters. The lowest BCUT2D eigenvalue weighted by molar-refractivity contribution is -0.0494. The Kier molecular flexibility index (Phi) is 3.88. The van der Waals surface area contributed by atoms with Crippen molar-refractivity contribution in [2.45, 2.75) is 19.6 Å². The summed E-state index contributed by atoms with van der Waals surface area (Å²) in [5.74, 6) is 0.123. The molecule has 2 N–H and O–H groups in total. The van der Waals surface area contributed by atoms with Gasteiger partial charge in [-0.25, -0.2) is 4.98 Å². The zero-order valence-corrected chi connectivity index (χ0v) is 10.5. The average Bonchev–Trinajstić information content (AvgIpc) is 2.78. The number of hydrogen-bond donors (Lipinski definition) is 1. The van der Waals surface area contributed by atoms with Gasteiger partial charge in [0.05, 0.1) is 5.56 Å². The Morgan fingerprint density at radius 3 is 2.67 bits per heavy atom. The number of hydrogen-bond acceptors (Lipinski definition) is 4. The van der Waals surface area contributed by atoms with E-state index in [1.165, 1.54) is 17.4 Å². The fourth-order valence-corrected chi connectivity index (χ4v) is 2.36. The van der Waals surface area contributed by atoms with Crippen molar-refractivity contribution < 1.29 is 13.5 Å². The standard InChI is InChI=1S/C12H12F2N2OS/c1-7(15)10-6-16-11(18-10)8-4-2-3-5-9(8)17-12(13)14/h2-7,12H,15H2,1H3. The second-order valence-corrected chi connectivity index (χ2v) is 4.79. The van der Waals surface area contributed by atoms with Gasteiger partial charge in [-0.3, -0.25) is 0 Å². The molecule has 1 heterocycles. The number of para-hydroxylation sites is 1. The minimum absolute atomic E-state index is 0.123. The van der Waals surface area contributed by atoms with Crippen molar-refractivity contribution in [3.05, 3.63) is 35.3 Å². The predicted molar refractivity (Wildman–Crippen MR) is 66.8 cm³/mol. The highest BCUT2D eigenvalue weighted by Gasteiger charge is 2.14. The van der Waals surface area contributed by atoms with Gasteiger partial charge in [0.25, 0.3) is 0 Å². The molecular weight excluding hydrogens is 258 g/mol. The third-order valence-corrected chi connectivity index (χ3v) is 3.54. The Hall–Kier alpha value is -1.53. The number of aromatic nitrogens is 1. The summed E-state index contributed by atoms with van der Waals surface area (Å²) in [5, 5.41) is 0.624. The number of alkyl halides is 2. The van der Waals surface area contributed by atoms with Crippen LogP contribution >= 0.6 is 11.3 Å². The smallest absolute Gasteiger partial charge is 0.387 e. The third-order valence-electron chi connectivity index (χ3n) is 2.31. The van der Waals surface area contributed by atoms with Gasteiger partial charge in [-0.1, -0.05) is 12.1 Å². The summed E-state index contributed by atoms with van der Waals surface area (Å²) in [4.78, 5) is 5.09. The van der Waals surface area contributed by atoms with Gasteiger partial charge in [0.2, 0.25) is 0 Å². The first-order chi connectivity index (χ1) is 8.58. The molecule has 0 radical (unpaired) electrons. The molecule has 0 saturated carbocycles. The molecule has 0 fully saturated rings. The largest absolute Gasteiger partial charge is 0.434 e. The van der Waals surface area contributed by atoms with Crippen LogP contribution in [0.5, 0.6) is 5.75 Å². The second kappa shape index (κ2) is 5.41. The van der Waals surface area contributed by atoms with Crippen molar-refractivity contribution >= 4 is 11.3 Å². The second-order valence-electron chi connectivity index (χ2n) is 3.73. The van der Waals surface area contributed by atoms with Crippen LogP contribution in [0.4, 0.5) is 8.78 Å². The number of halogens is 2. The number of rotatable bonds is 4. The maximum atomic E-state index is 12.3. The van der Waals surface area contributed by atoms with E-state index in [-0.39, 0.29) is 11.8 Å². The van der Waals surface area contributed by atoms with Crippen LogP contribution in [0, 0.1) is 0 Å². The molecule has 18 heavy (non-hydrogen) atoms. The number of nitrogens with zero attached hydrogens (tertiary/aromatic N) is 1. The van der Waals surface area contributed by atoms with Gasteiger partial charge in [0.1, 0.15) is 10.8 Å². The maximum absolute atomic E-state index is 12.3. The van der Waals surface area contributed by atoms with Crippen LogP contribution < -0.4 is 10.5 Å². The van der Waals surface area contributed by atoms with Crippen molar-refractivity contribution in [2.75, 3.05) is 0 Å². The van der Waals surface area contributed by atoms with Gasteiger partial charge in [-0.05, 0) is 19.1 Å². The summed E-state index contributed by atoms with van der Waals surface area (Å²) in [5.41, 5.74) is 6.29. The van der Waals surface area contributed by atoms with Crippen LogP contribution in [0.1, 0.15) is 17.8 Å². The van der Waals surface area contributed by atoms with Crippen LogP contribution in [-0.4, -0.2) is 11.6 Å². The molecule has 0 saturated heterocycles.